The highest BCUT2D eigenvalue weighted by molar-refractivity contribution is 5.84. The van der Waals surface area contributed by atoms with Gasteiger partial charge in [-0.1, -0.05) is 6.07 Å². The summed E-state index contributed by atoms with van der Waals surface area (Å²) >= 11 is 0. The highest BCUT2D eigenvalue weighted by Crippen LogP contribution is 2.27. The van der Waals surface area contributed by atoms with Crippen LogP contribution in [0.25, 0.3) is 0 Å². The first-order valence-electron chi connectivity index (χ1n) is 5.92. The minimum atomic E-state index is -0.332. The van der Waals surface area contributed by atoms with E-state index in [1.807, 2.05) is 0 Å². The number of phenolic OH excluding ortho intramolecular Hbond substituents is 1. The number of para-hydroxylation sites is 1. The Hall–Kier alpha value is -2.76. The first kappa shape index (κ1) is 13.7. The van der Waals surface area contributed by atoms with Crippen LogP contribution in [0.15, 0.2) is 40.2 Å². The summed E-state index contributed by atoms with van der Waals surface area (Å²) in [6.45, 7) is 1.78. The molecule has 1 aromatic heterocycles. The maximum Gasteiger partial charge on any atom is 0.273 e. The van der Waals surface area contributed by atoms with Crippen molar-refractivity contribution < 1.29 is 9.84 Å². The number of rotatable bonds is 3. The third-order valence-corrected chi connectivity index (χ3v) is 2.74. The molecule has 1 aromatic carbocycles. The van der Waals surface area contributed by atoms with Gasteiger partial charge >= 0.3 is 0 Å². The molecule has 0 atom stereocenters. The van der Waals surface area contributed by atoms with Crippen LogP contribution in [0.3, 0.4) is 0 Å². The first-order valence-corrected chi connectivity index (χ1v) is 5.92. The molecule has 2 aromatic rings. The van der Waals surface area contributed by atoms with Gasteiger partial charge in [-0.2, -0.15) is 9.78 Å². The van der Waals surface area contributed by atoms with Crippen molar-refractivity contribution in [2.75, 3.05) is 12.8 Å². The molecule has 6 nitrogen and oxygen atoms in total. The van der Waals surface area contributed by atoms with E-state index in [-0.39, 0.29) is 17.1 Å². The minimum absolute atomic E-state index is 0.0440. The number of pyridine rings is 1. The monoisotopic (exact) mass is 273 g/mol. The summed E-state index contributed by atoms with van der Waals surface area (Å²) in [5.74, 6) is 0.518. The van der Waals surface area contributed by atoms with E-state index in [4.69, 9.17) is 10.5 Å². The fourth-order valence-electron chi connectivity index (χ4n) is 1.77. The van der Waals surface area contributed by atoms with Gasteiger partial charge in [0.1, 0.15) is 5.82 Å². The third-order valence-electron chi connectivity index (χ3n) is 2.74. The number of methoxy groups -OCH3 is 1. The van der Waals surface area contributed by atoms with Crippen molar-refractivity contribution in [1.82, 2.24) is 4.68 Å². The molecule has 0 spiro atoms. The number of aromatic hydroxyl groups is 1. The number of benzene rings is 1. The van der Waals surface area contributed by atoms with Crippen LogP contribution in [-0.2, 0) is 0 Å². The van der Waals surface area contributed by atoms with Crippen molar-refractivity contribution in [2.45, 2.75) is 6.92 Å². The number of nitrogen functional groups attached to an aromatic ring is 1. The van der Waals surface area contributed by atoms with E-state index in [9.17, 15) is 9.90 Å². The number of hydrogen-bond donors (Lipinski definition) is 2. The molecular weight excluding hydrogens is 258 g/mol. The number of phenols is 1. The molecule has 0 aliphatic carbocycles. The Morgan fingerprint density at radius 3 is 2.80 bits per heavy atom. The normalized spacial score (nSPS) is 10.9. The Morgan fingerprint density at radius 2 is 2.15 bits per heavy atom. The van der Waals surface area contributed by atoms with Crippen LogP contribution in [0, 0.1) is 6.92 Å². The second kappa shape index (κ2) is 5.48. The van der Waals surface area contributed by atoms with Gasteiger partial charge in [-0.25, -0.2) is 0 Å². The molecule has 2 rings (SSSR count). The predicted molar refractivity (Wildman–Crippen MR) is 77.5 cm³/mol. The maximum absolute atomic E-state index is 11.8. The molecule has 1 heterocycles. The standard InChI is InChI=1S/C14H15N3O3/c1-9-6-12(15)17(13(18)7-9)16-8-10-4-3-5-11(20-2)14(10)19/h3-8,19H,15H2,1-2H3/b16-8+. The molecule has 0 aliphatic rings. The second-order valence-electron chi connectivity index (χ2n) is 4.25. The van der Waals surface area contributed by atoms with Crippen LogP contribution < -0.4 is 16.0 Å². The van der Waals surface area contributed by atoms with Crippen LogP contribution in [0.2, 0.25) is 0 Å². The number of anilines is 1. The summed E-state index contributed by atoms with van der Waals surface area (Å²) in [4.78, 5) is 11.8. The summed E-state index contributed by atoms with van der Waals surface area (Å²) in [6.07, 6.45) is 1.35. The third kappa shape index (κ3) is 2.64. The lowest BCUT2D eigenvalue weighted by molar-refractivity contribution is 0.373. The fourth-order valence-corrected chi connectivity index (χ4v) is 1.77. The molecule has 0 bridgehead atoms. The zero-order valence-electron chi connectivity index (χ0n) is 11.2. The summed E-state index contributed by atoms with van der Waals surface area (Å²) < 4.78 is 6.06. The van der Waals surface area contributed by atoms with Crippen LogP contribution in [-0.4, -0.2) is 23.1 Å². The van der Waals surface area contributed by atoms with E-state index < -0.39 is 0 Å². The van der Waals surface area contributed by atoms with Gasteiger partial charge in [0, 0.05) is 11.6 Å². The van der Waals surface area contributed by atoms with Gasteiger partial charge in [-0.3, -0.25) is 4.79 Å². The highest BCUT2D eigenvalue weighted by Gasteiger charge is 2.05. The molecule has 0 unspecified atom stereocenters. The van der Waals surface area contributed by atoms with Gasteiger partial charge in [-0.05, 0) is 30.7 Å². The molecule has 104 valence electrons. The van der Waals surface area contributed by atoms with E-state index in [2.05, 4.69) is 5.10 Å². The van der Waals surface area contributed by atoms with Crippen molar-refractivity contribution in [1.29, 1.82) is 0 Å². The molecule has 0 amide bonds. The van der Waals surface area contributed by atoms with E-state index >= 15 is 0 Å². The SMILES string of the molecule is COc1cccc(/C=N/n2c(N)cc(C)cc2=O)c1O. The average Bonchev–Trinajstić information content (AvgIpc) is 2.39. The van der Waals surface area contributed by atoms with Gasteiger partial charge in [0.2, 0.25) is 0 Å². The van der Waals surface area contributed by atoms with E-state index in [0.29, 0.717) is 11.3 Å². The number of aryl methyl sites for hydroxylation is 1. The van der Waals surface area contributed by atoms with Crippen LogP contribution >= 0.6 is 0 Å². The Kier molecular flexibility index (Phi) is 3.74. The fraction of sp³-hybridized carbons (Fsp3) is 0.143. The first-order chi connectivity index (χ1) is 9.52. The Labute approximate surface area is 115 Å². The molecule has 0 fully saturated rings. The lowest BCUT2D eigenvalue weighted by Crippen LogP contribution is -2.19. The Morgan fingerprint density at radius 1 is 1.40 bits per heavy atom. The zero-order valence-corrected chi connectivity index (χ0v) is 11.2. The van der Waals surface area contributed by atoms with Gasteiger partial charge in [0.25, 0.3) is 5.56 Å². The number of aromatic nitrogens is 1. The lowest BCUT2D eigenvalue weighted by Gasteiger charge is -2.06. The topological polar surface area (TPSA) is 89.8 Å². The largest absolute Gasteiger partial charge is 0.504 e. The van der Waals surface area contributed by atoms with Crippen LogP contribution in [0.4, 0.5) is 5.82 Å². The van der Waals surface area contributed by atoms with E-state index in [0.717, 1.165) is 10.2 Å². The van der Waals surface area contributed by atoms with E-state index in [1.54, 1.807) is 31.2 Å². The quantitative estimate of drug-likeness (QED) is 0.826. The van der Waals surface area contributed by atoms with Gasteiger partial charge in [-0.15, -0.1) is 0 Å². The summed E-state index contributed by atoms with van der Waals surface area (Å²) in [7, 11) is 1.46. The molecule has 0 aliphatic heterocycles. The van der Waals surface area contributed by atoms with Crippen LogP contribution in [0.1, 0.15) is 11.1 Å². The predicted octanol–water partition coefficient (Wildman–Crippen LogP) is 1.34. The molecular formula is C14H15N3O3. The Balaban J connectivity index is 2.43. The summed E-state index contributed by atoms with van der Waals surface area (Å²) in [5, 5.41) is 13.9. The van der Waals surface area contributed by atoms with Gasteiger partial charge in [0.15, 0.2) is 11.5 Å². The molecule has 0 saturated carbocycles. The zero-order chi connectivity index (χ0) is 14.7. The lowest BCUT2D eigenvalue weighted by atomic mass is 10.2. The van der Waals surface area contributed by atoms with Crippen molar-refractivity contribution in [3.63, 3.8) is 0 Å². The second-order valence-corrected chi connectivity index (χ2v) is 4.25. The summed E-state index contributed by atoms with van der Waals surface area (Å²) in [6, 6.07) is 8.06. The van der Waals surface area contributed by atoms with Crippen molar-refractivity contribution in [2.24, 2.45) is 5.10 Å². The van der Waals surface area contributed by atoms with Gasteiger partial charge < -0.3 is 15.6 Å². The molecule has 6 heteroatoms. The smallest absolute Gasteiger partial charge is 0.273 e. The molecule has 0 radical (unpaired) electrons. The van der Waals surface area contributed by atoms with Crippen LogP contribution in [0.5, 0.6) is 11.5 Å². The Bertz CT molecular complexity index is 720. The highest BCUT2D eigenvalue weighted by atomic mass is 16.5. The number of hydrogen-bond acceptors (Lipinski definition) is 5. The van der Waals surface area contributed by atoms with Crippen molar-refractivity contribution >= 4 is 12.0 Å². The minimum Gasteiger partial charge on any atom is -0.504 e. The summed E-state index contributed by atoms with van der Waals surface area (Å²) in [5.41, 5.74) is 6.60. The number of ether oxygens (including phenoxy) is 1. The molecule has 3 N–H and O–H groups in total. The number of nitrogens with two attached hydrogens (primary N) is 1. The molecule has 0 saturated heterocycles. The number of nitrogens with zero attached hydrogens (tertiary/aromatic N) is 2. The average molecular weight is 273 g/mol. The van der Waals surface area contributed by atoms with E-state index in [1.165, 1.54) is 19.4 Å². The van der Waals surface area contributed by atoms with Gasteiger partial charge in [0.05, 0.1) is 13.3 Å². The molecule has 20 heavy (non-hydrogen) atoms. The maximum atomic E-state index is 11.8. The van der Waals surface area contributed by atoms with Crippen molar-refractivity contribution in [3.8, 4) is 11.5 Å². The van der Waals surface area contributed by atoms with Crippen molar-refractivity contribution in [3.05, 3.63) is 51.8 Å².